The summed E-state index contributed by atoms with van der Waals surface area (Å²) in [4.78, 5) is 17.0. The van der Waals surface area contributed by atoms with Crippen LogP contribution in [0, 0.1) is 25.2 Å². The molecule has 0 aliphatic carbocycles. The minimum atomic E-state index is -0.393. The highest BCUT2D eigenvalue weighted by Crippen LogP contribution is 2.32. The molecule has 1 aromatic heterocycles. The molecule has 2 aliphatic rings. The van der Waals surface area contributed by atoms with Gasteiger partial charge < -0.3 is 4.57 Å². The van der Waals surface area contributed by atoms with Crippen molar-refractivity contribution in [2.24, 2.45) is 16.0 Å². The molecule has 1 amide bonds. The summed E-state index contributed by atoms with van der Waals surface area (Å²) in [6, 6.07) is 16.7. The summed E-state index contributed by atoms with van der Waals surface area (Å²) >= 11 is 1.38. The van der Waals surface area contributed by atoms with Gasteiger partial charge in [-0.05, 0) is 72.1 Å². The lowest BCUT2D eigenvalue weighted by Crippen LogP contribution is -2.35. The summed E-state index contributed by atoms with van der Waals surface area (Å²) < 4.78 is 2.18. The molecule has 3 heterocycles. The molecule has 7 heteroatoms. The molecule has 0 bridgehead atoms. The van der Waals surface area contributed by atoms with E-state index in [0.29, 0.717) is 11.1 Å². The number of hydrogen-bond donors (Lipinski definition) is 1. The smallest absolute Gasteiger partial charge is 0.283 e. The molecule has 0 saturated carbocycles. The highest BCUT2D eigenvalue weighted by molar-refractivity contribution is 8.26. The van der Waals surface area contributed by atoms with Gasteiger partial charge in [0.05, 0.1) is 5.57 Å². The average Bonchev–Trinajstić information content (AvgIpc) is 3.29. The van der Waals surface area contributed by atoms with Crippen LogP contribution in [0.2, 0.25) is 0 Å². The van der Waals surface area contributed by atoms with Gasteiger partial charge in [-0.25, -0.2) is 0 Å². The SMILES string of the molecule is Cc1cc(C=C2C(=N)N3N=C(CC(C)C)SC3=NC2=O)c(C)n1-c1ccc2ccccc2c1. The van der Waals surface area contributed by atoms with Crippen LogP contribution in [0.1, 0.15) is 37.2 Å². The lowest BCUT2D eigenvalue weighted by atomic mass is 10.1. The molecule has 166 valence electrons. The number of nitrogens with one attached hydrogen (secondary N) is 1. The first kappa shape index (κ1) is 21.4. The number of carbonyl (C=O) groups excluding carboxylic acids is 1. The van der Waals surface area contributed by atoms with Crippen LogP contribution < -0.4 is 0 Å². The van der Waals surface area contributed by atoms with Gasteiger partial charge in [0, 0.05) is 23.5 Å². The average molecular weight is 456 g/mol. The number of nitrogens with zero attached hydrogens (tertiary/aromatic N) is 4. The fourth-order valence-corrected chi connectivity index (χ4v) is 5.36. The Bertz CT molecular complexity index is 1410. The van der Waals surface area contributed by atoms with E-state index in [1.165, 1.54) is 27.5 Å². The highest BCUT2D eigenvalue weighted by Gasteiger charge is 2.35. The number of hydrazone groups is 1. The standard InChI is InChI=1S/C26H25N5OS/c1-15(2)11-23-29-31-24(27)22(25(32)28-26(31)33-23)14-20-12-16(3)30(17(20)4)21-10-9-18-7-5-6-8-19(18)13-21/h5-10,12-15,27H,11H2,1-4H3. The van der Waals surface area contributed by atoms with E-state index in [1.807, 2.05) is 32.0 Å². The molecular weight excluding hydrogens is 430 g/mol. The molecule has 5 rings (SSSR count). The minimum Gasteiger partial charge on any atom is -0.318 e. The van der Waals surface area contributed by atoms with Crippen molar-refractivity contribution in [3.05, 3.63) is 71.1 Å². The van der Waals surface area contributed by atoms with Crippen LogP contribution in [0.25, 0.3) is 22.5 Å². The number of carbonyl (C=O) groups is 1. The number of benzene rings is 2. The van der Waals surface area contributed by atoms with Crippen molar-refractivity contribution in [2.75, 3.05) is 0 Å². The predicted octanol–water partition coefficient (Wildman–Crippen LogP) is 5.91. The van der Waals surface area contributed by atoms with Crippen molar-refractivity contribution < 1.29 is 4.79 Å². The largest absolute Gasteiger partial charge is 0.318 e. The van der Waals surface area contributed by atoms with E-state index in [9.17, 15) is 4.79 Å². The third-order valence-electron chi connectivity index (χ3n) is 5.84. The number of amides is 1. The number of thioether (sulfide) groups is 1. The Hall–Kier alpha value is -3.45. The molecular formula is C26H25N5OS. The summed E-state index contributed by atoms with van der Waals surface area (Å²) in [6.07, 6.45) is 2.57. The number of fused-ring (bicyclic) bond motifs is 2. The normalized spacial score (nSPS) is 17.2. The minimum absolute atomic E-state index is 0.0757. The Morgan fingerprint density at radius 3 is 2.61 bits per heavy atom. The van der Waals surface area contributed by atoms with Gasteiger partial charge in [-0.2, -0.15) is 15.1 Å². The molecule has 0 atom stereocenters. The molecule has 0 fully saturated rings. The number of hydrogen-bond acceptors (Lipinski definition) is 4. The molecule has 0 saturated heterocycles. The molecule has 6 nitrogen and oxygen atoms in total. The van der Waals surface area contributed by atoms with Crippen molar-refractivity contribution in [2.45, 2.75) is 34.1 Å². The van der Waals surface area contributed by atoms with Crippen molar-refractivity contribution in [1.82, 2.24) is 9.58 Å². The molecule has 2 aromatic carbocycles. The number of amidine groups is 2. The Labute approximate surface area is 197 Å². The van der Waals surface area contributed by atoms with E-state index >= 15 is 0 Å². The second-order valence-corrected chi connectivity index (χ2v) is 9.85. The third-order valence-corrected chi connectivity index (χ3v) is 6.77. The van der Waals surface area contributed by atoms with Gasteiger partial charge in [0.15, 0.2) is 5.84 Å². The van der Waals surface area contributed by atoms with Crippen molar-refractivity contribution in [1.29, 1.82) is 5.41 Å². The van der Waals surface area contributed by atoms with Gasteiger partial charge in [-0.1, -0.05) is 44.2 Å². The number of rotatable bonds is 4. The Kier molecular flexibility index (Phi) is 5.29. The lowest BCUT2D eigenvalue weighted by Gasteiger charge is -2.20. The Balaban J connectivity index is 1.52. The van der Waals surface area contributed by atoms with Crippen LogP contribution in [-0.4, -0.2) is 31.5 Å². The first-order chi connectivity index (χ1) is 15.8. The van der Waals surface area contributed by atoms with Crippen LogP contribution >= 0.6 is 11.8 Å². The number of aliphatic imine (C=N–C) groups is 1. The molecule has 33 heavy (non-hydrogen) atoms. The fourth-order valence-electron chi connectivity index (χ4n) is 4.27. The molecule has 0 spiro atoms. The van der Waals surface area contributed by atoms with Crippen LogP contribution in [0.5, 0.6) is 0 Å². The summed E-state index contributed by atoms with van der Waals surface area (Å²) in [5.41, 5.74) is 4.28. The van der Waals surface area contributed by atoms with E-state index in [-0.39, 0.29) is 11.4 Å². The maximum atomic E-state index is 12.8. The van der Waals surface area contributed by atoms with Crippen LogP contribution in [0.3, 0.4) is 0 Å². The molecule has 0 unspecified atom stereocenters. The van der Waals surface area contributed by atoms with E-state index in [1.54, 1.807) is 6.08 Å². The second kappa shape index (κ2) is 8.15. The van der Waals surface area contributed by atoms with Crippen LogP contribution in [-0.2, 0) is 4.79 Å². The second-order valence-electron chi connectivity index (χ2n) is 8.81. The van der Waals surface area contributed by atoms with E-state index in [2.05, 4.69) is 58.8 Å². The first-order valence-electron chi connectivity index (χ1n) is 11.0. The van der Waals surface area contributed by atoms with Gasteiger partial charge in [-0.3, -0.25) is 10.2 Å². The van der Waals surface area contributed by atoms with Gasteiger partial charge in [0.25, 0.3) is 5.91 Å². The van der Waals surface area contributed by atoms with Gasteiger partial charge in [0.1, 0.15) is 5.04 Å². The van der Waals surface area contributed by atoms with Crippen molar-refractivity contribution >= 4 is 50.6 Å². The first-order valence-corrected chi connectivity index (χ1v) is 11.8. The zero-order valence-corrected chi connectivity index (χ0v) is 19.9. The van der Waals surface area contributed by atoms with E-state index in [4.69, 9.17) is 5.41 Å². The fraction of sp³-hybridized carbons (Fsp3) is 0.231. The van der Waals surface area contributed by atoms with Gasteiger partial charge in [0.2, 0.25) is 5.17 Å². The van der Waals surface area contributed by atoms with Gasteiger partial charge in [-0.15, -0.1) is 0 Å². The summed E-state index contributed by atoms with van der Waals surface area (Å²) in [5, 5.41) is 18.4. The van der Waals surface area contributed by atoms with Crippen molar-refractivity contribution in [3.8, 4) is 5.69 Å². The Morgan fingerprint density at radius 1 is 1.09 bits per heavy atom. The van der Waals surface area contributed by atoms with Crippen LogP contribution in [0.15, 0.2) is 64.2 Å². The molecule has 2 aliphatic heterocycles. The highest BCUT2D eigenvalue weighted by atomic mass is 32.2. The molecule has 3 aromatic rings. The number of aryl methyl sites for hydroxylation is 1. The summed E-state index contributed by atoms with van der Waals surface area (Å²) in [6.45, 7) is 8.32. The maximum absolute atomic E-state index is 12.8. The molecule has 1 N–H and O–H groups in total. The maximum Gasteiger partial charge on any atom is 0.283 e. The summed E-state index contributed by atoms with van der Waals surface area (Å²) in [7, 11) is 0. The van der Waals surface area contributed by atoms with Crippen molar-refractivity contribution in [3.63, 3.8) is 0 Å². The predicted molar refractivity (Wildman–Crippen MR) is 137 cm³/mol. The van der Waals surface area contributed by atoms with E-state index in [0.717, 1.165) is 34.1 Å². The van der Waals surface area contributed by atoms with Crippen LogP contribution in [0.4, 0.5) is 0 Å². The Morgan fingerprint density at radius 2 is 1.85 bits per heavy atom. The zero-order chi connectivity index (χ0) is 23.3. The topological polar surface area (TPSA) is 73.8 Å². The van der Waals surface area contributed by atoms with E-state index < -0.39 is 5.91 Å². The molecule has 0 radical (unpaired) electrons. The zero-order valence-electron chi connectivity index (χ0n) is 19.1. The quantitative estimate of drug-likeness (QED) is 0.497. The third kappa shape index (κ3) is 3.82. The number of aromatic nitrogens is 1. The van der Waals surface area contributed by atoms with Gasteiger partial charge >= 0.3 is 0 Å². The monoisotopic (exact) mass is 455 g/mol. The lowest BCUT2D eigenvalue weighted by molar-refractivity contribution is -0.114. The summed E-state index contributed by atoms with van der Waals surface area (Å²) in [5.74, 6) is 0.126.